The van der Waals surface area contributed by atoms with E-state index in [-0.39, 0.29) is 12.2 Å². The Morgan fingerprint density at radius 1 is 1.61 bits per heavy atom. The summed E-state index contributed by atoms with van der Waals surface area (Å²) < 4.78 is 22.1. The van der Waals surface area contributed by atoms with Crippen LogP contribution in [0, 0.1) is 11.8 Å². The van der Waals surface area contributed by atoms with Crippen LogP contribution >= 0.6 is 7.82 Å². The van der Waals surface area contributed by atoms with Crippen LogP contribution in [0.15, 0.2) is 11.0 Å². The summed E-state index contributed by atoms with van der Waals surface area (Å²) in [7, 11) is -4.76. The van der Waals surface area contributed by atoms with Gasteiger partial charge >= 0.3 is 13.5 Å². The van der Waals surface area contributed by atoms with Crippen LogP contribution in [0.1, 0.15) is 25.1 Å². The molecular weight excluding hydrogens is 329 g/mol. The van der Waals surface area contributed by atoms with E-state index in [4.69, 9.17) is 20.3 Å². The molecule has 0 aliphatic carbocycles. The molecule has 0 bridgehead atoms. The molecule has 2 heterocycles. The Bertz CT molecular complexity index is 747. The minimum Gasteiger partial charge on any atom is -0.394 e. The van der Waals surface area contributed by atoms with E-state index in [1.807, 2.05) is 0 Å². The van der Waals surface area contributed by atoms with Crippen LogP contribution in [-0.2, 0) is 13.8 Å². The third-order valence-electron chi connectivity index (χ3n) is 3.18. The molecule has 0 saturated carbocycles. The predicted molar refractivity (Wildman–Crippen MR) is 78.0 cm³/mol. The third kappa shape index (κ3) is 4.17. The highest BCUT2D eigenvalue weighted by Gasteiger charge is 2.40. The van der Waals surface area contributed by atoms with Gasteiger partial charge in [0.25, 0.3) is 0 Å². The van der Waals surface area contributed by atoms with Gasteiger partial charge in [-0.2, -0.15) is 4.98 Å². The highest BCUT2D eigenvalue weighted by atomic mass is 31.2. The summed E-state index contributed by atoms with van der Waals surface area (Å²) >= 11 is 0. The molecule has 1 saturated heterocycles. The van der Waals surface area contributed by atoms with Crippen molar-refractivity contribution in [3.63, 3.8) is 0 Å². The maximum Gasteiger partial charge on any atom is 0.469 e. The normalized spacial score (nSPS) is 24.3. The van der Waals surface area contributed by atoms with Gasteiger partial charge in [-0.3, -0.25) is 9.09 Å². The first kappa shape index (κ1) is 17.6. The van der Waals surface area contributed by atoms with Gasteiger partial charge < -0.3 is 25.4 Å². The van der Waals surface area contributed by atoms with Crippen molar-refractivity contribution in [1.29, 1.82) is 0 Å². The van der Waals surface area contributed by atoms with E-state index in [0.29, 0.717) is 5.56 Å². The fraction of sp³-hybridized carbons (Fsp3) is 0.500. The molecule has 5 N–H and O–H groups in total. The van der Waals surface area contributed by atoms with Crippen molar-refractivity contribution in [1.82, 2.24) is 9.55 Å². The fourth-order valence-corrected chi connectivity index (χ4v) is 2.82. The van der Waals surface area contributed by atoms with Crippen LogP contribution in [0.3, 0.4) is 0 Å². The smallest absolute Gasteiger partial charge is 0.394 e. The van der Waals surface area contributed by atoms with Gasteiger partial charge in [0.1, 0.15) is 24.3 Å². The summed E-state index contributed by atoms with van der Waals surface area (Å²) in [6.07, 6.45) is -1.68. The van der Waals surface area contributed by atoms with Crippen LogP contribution in [0.4, 0.5) is 5.82 Å². The molecule has 10 nitrogen and oxygen atoms in total. The second kappa shape index (κ2) is 6.80. The SMILES string of the molecule is CC#Cc1cn([C@H]2C[C@@H](OP(=O)(O)O)[C@@H](CO)O2)c(=O)nc1N. The van der Waals surface area contributed by atoms with E-state index in [0.717, 1.165) is 4.57 Å². The molecule has 0 radical (unpaired) electrons. The lowest BCUT2D eigenvalue weighted by atomic mass is 10.2. The van der Waals surface area contributed by atoms with E-state index >= 15 is 0 Å². The number of phosphoric acid groups is 1. The first-order chi connectivity index (χ1) is 10.7. The molecule has 1 aromatic rings. The zero-order valence-corrected chi connectivity index (χ0v) is 13.0. The molecule has 1 aromatic heterocycles. The minimum absolute atomic E-state index is 0.0275. The lowest BCUT2D eigenvalue weighted by Crippen LogP contribution is -2.29. The van der Waals surface area contributed by atoms with Crippen molar-refractivity contribution in [2.75, 3.05) is 12.3 Å². The molecule has 126 valence electrons. The Labute approximate surface area is 131 Å². The molecular formula is C12H16N3O7P. The van der Waals surface area contributed by atoms with Crippen LogP contribution in [-0.4, -0.2) is 43.3 Å². The molecule has 1 aliphatic rings. The van der Waals surface area contributed by atoms with Gasteiger partial charge in [0, 0.05) is 12.6 Å². The van der Waals surface area contributed by atoms with Gasteiger partial charge in [-0.15, -0.1) is 5.92 Å². The lowest BCUT2D eigenvalue weighted by molar-refractivity contribution is -0.0452. The summed E-state index contributed by atoms with van der Waals surface area (Å²) in [5, 5.41) is 9.25. The third-order valence-corrected chi connectivity index (χ3v) is 3.73. The summed E-state index contributed by atoms with van der Waals surface area (Å²) in [4.78, 5) is 33.4. The molecule has 0 aromatic carbocycles. The largest absolute Gasteiger partial charge is 0.469 e. The van der Waals surface area contributed by atoms with Crippen molar-refractivity contribution in [2.24, 2.45) is 0 Å². The second-order valence-corrected chi connectivity index (χ2v) is 5.98. The highest BCUT2D eigenvalue weighted by Crippen LogP contribution is 2.43. The number of hydrogen-bond donors (Lipinski definition) is 4. The monoisotopic (exact) mass is 345 g/mol. The first-order valence-corrected chi connectivity index (χ1v) is 8.10. The van der Waals surface area contributed by atoms with Crippen LogP contribution < -0.4 is 11.4 Å². The Morgan fingerprint density at radius 3 is 2.87 bits per heavy atom. The second-order valence-electron chi connectivity index (χ2n) is 4.79. The zero-order chi connectivity index (χ0) is 17.2. The van der Waals surface area contributed by atoms with Crippen LogP contribution in [0.25, 0.3) is 0 Å². The number of hydrogen-bond acceptors (Lipinski definition) is 7. The van der Waals surface area contributed by atoms with Crippen molar-refractivity contribution < 1.29 is 28.7 Å². The average molecular weight is 345 g/mol. The van der Waals surface area contributed by atoms with E-state index in [1.54, 1.807) is 6.92 Å². The van der Waals surface area contributed by atoms with Crippen molar-refractivity contribution >= 4 is 13.6 Å². The number of phosphoric ester groups is 1. The molecule has 11 heteroatoms. The predicted octanol–water partition coefficient (Wildman–Crippen LogP) is -1.05. The fourth-order valence-electron chi connectivity index (χ4n) is 2.24. The quantitative estimate of drug-likeness (QED) is 0.395. The van der Waals surface area contributed by atoms with Gasteiger partial charge in [0.05, 0.1) is 12.2 Å². The standard InChI is InChI=1S/C12H16N3O7P/c1-2-3-7-5-15(12(17)14-11(7)13)10-4-8(9(6-16)21-10)22-23(18,19)20/h5,8-10,16H,4,6H2,1H3,(H2,13,14,17)(H2,18,19,20)/t8-,9-,10-/m1/s1. The maximum atomic E-state index is 12.0. The Hall–Kier alpha value is -1.73. The number of nitrogens with two attached hydrogens (primary N) is 1. The van der Waals surface area contributed by atoms with Gasteiger partial charge in [-0.05, 0) is 6.92 Å². The van der Waals surface area contributed by atoms with Crippen LogP contribution in [0.2, 0.25) is 0 Å². The van der Waals surface area contributed by atoms with Crippen molar-refractivity contribution in [2.45, 2.75) is 31.8 Å². The van der Waals surface area contributed by atoms with Gasteiger partial charge in [0.2, 0.25) is 0 Å². The van der Waals surface area contributed by atoms with Crippen molar-refractivity contribution in [3.05, 3.63) is 22.2 Å². The van der Waals surface area contributed by atoms with Crippen LogP contribution in [0.5, 0.6) is 0 Å². The molecule has 0 spiro atoms. The minimum atomic E-state index is -4.76. The molecule has 3 atom stereocenters. The highest BCUT2D eigenvalue weighted by molar-refractivity contribution is 7.46. The maximum absolute atomic E-state index is 12.0. The summed E-state index contributed by atoms with van der Waals surface area (Å²) in [5.74, 6) is 5.28. The Kier molecular flexibility index (Phi) is 5.21. The molecule has 1 aliphatic heterocycles. The number of aliphatic hydroxyl groups is 1. The number of ether oxygens (including phenoxy) is 1. The molecule has 23 heavy (non-hydrogen) atoms. The molecule has 0 unspecified atom stereocenters. The average Bonchev–Trinajstić information content (AvgIpc) is 2.82. The number of anilines is 1. The number of nitrogen functional groups attached to an aromatic ring is 1. The lowest BCUT2D eigenvalue weighted by Gasteiger charge is -2.16. The van der Waals surface area contributed by atoms with Gasteiger partial charge in [-0.1, -0.05) is 5.92 Å². The Morgan fingerprint density at radius 2 is 2.30 bits per heavy atom. The van der Waals surface area contributed by atoms with Gasteiger partial charge in [-0.25, -0.2) is 9.36 Å². The van der Waals surface area contributed by atoms with Gasteiger partial charge in [0.15, 0.2) is 0 Å². The molecule has 0 amide bonds. The number of nitrogens with zero attached hydrogens (tertiary/aromatic N) is 2. The van der Waals surface area contributed by atoms with E-state index in [2.05, 4.69) is 21.3 Å². The number of aliphatic hydroxyl groups excluding tert-OH is 1. The number of aromatic nitrogens is 2. The summed E-state index contributed by atoms with van der Waals surface area (Å²) in [5.41, 5.74) is 5.21. The Balaban J connectivity index is 2.32. The van der Waals surface area contributed by atoms with E-state index < -0.39 is 38.6 Å². The van der Waals surface area contributed by atoms with E-state index in [9.17, 15) is 14.5 Å². The summed E-state index contributed by atoms with van der Waals surface area (Å²) in [6, 6.07) is 0. The van der Waals surface area contributed by atoms with E-state index in [1.165, 1.54) is 6.20 Å². The molecule has 1 fully saturated rings. The summed E-state index contributed by atoms with van der Waals surface area (Å²) in [6.45, 7) is 1.06. The molecule has 2 rings (SSSR count). The number of rotatable bonds is 4. The first-order valence-electron chi connectivity index (χ1n) is 6.57. The van der Waals surface area contributed by atoms with Crippen molar-refractivity contribution in [3.8, 4) is 11.8 Å². The zero-order valence-electron chi connectivity index (χ0n) is 12.1. The topological polar surface area (TPSA) is 157 Å².